The number of ether oxygens (including phenoxy) is 1. The van der Waals surface area contributed by atoms with E-state index < -0.39 is 30.9 Å². The molecule has 1 spiro atoms. The zero-order chi connectivity index (χ0) is 24.7. The maximum Gasteiger partial charge on any atom is 0.411 e. The van der Waals surface area contributed by atoms with E-state index in [0.717, 1.165) is 0 Å². The van der Waals surface area contributed by atoms with Crippen LogP contribution in [0.3, 0.4) is 0 Å². The van der Waals surface area contributed by atoms with Crippen LogP contribution in [0, 0.1) is 0 Å². The number of hydrogen-bond donors (Lipinski definition) is 0. The first-order valence-electron chi connectivity index (χ1n) is 11.0. The van der Waals surface area contributed by atoms with E-state index in [9.17, 15) is 14.2 Å². The molecule has 1 saturated heterocycles. The summed E-state index contributed by atoms with van der Waals surface area (Å²) in [6.07, 6.45) is -0.762. The van der Waals surface area contributed by atoms with E-state index in [1.165, 1.54) is 9.80 Å². The molecule has 2 aliphatic heterocycles. The zero-order valence-electron chi connectivity index (χ0n) is 19.0. The van der Waals surface area contributed by atoms with Gasteiger partial charge in [0.05, 0.1) is 32.1 Å². The topological polar surface area (TPSA) is 85.1 Å². The number of rotatable bonds is 8. The number of fused-ring (bicyclic) bond motifs is 2. The Kier molecular flexibility index (Phi) is 7.00. The van der Waals surface area contributed by atoms with Gasteiger partial charge in [0.2, 0.25) is 0 Å². The first kappa shape index (κ1) is 25.0. The largest absolute Gasteiger partial charge is 0.450 e. The van der Waals surface area contributed by atoms with Crippen molar-refractivity contribution in [3.8, 4) is 0 Å². The summed E-state index contributed by atoms with van der Waals surface area (Å²) in [5.74, 6) is -1.59. The van der Waals surface area contributed by atoms with Crippen LogP contribution in [0.15, 0.2) is 42.5 Å². The van der Waals surface area contributed by atoms with Crippen LogP contribution in [0.1, 0.15) is 31.9 Å². The SMILES string of the molecule is CCOC(=O)N1C(P(=O)(OCC)OCC)C12C(=O)N(Cc1ccc(Cl)cc1Cl)c1ccccc12. The molecule has 1 fully saturated rings. The van der Waals surface area contributed by atoms with Crippen molar-refractivity contribution in [1.82, 2.24) is 4.90 Å². The highest BCUT2D eigenvalue weighted by Crippen LogP contribution is 2.74. The molecule has 0 N–H and O–H groups in total. The Hall–Kier alpha value is -2.09. The molecule has 2 aliphatic rings. The quantitative estimate of drug-likeness (QED) is 0.319. The predicted molar refractivity (Wildman–Crippen MR) is 129 cm³/mol. The van der Waals surface area contributed by atoms with Gasteiger partial charge in [0, 0.05) is 15.6 Å². The first-order valence-corrected chi connectivity index (χ1v) is 13.3. The summed E-state index contributed by atoms with van der Waals surface area (Å²) >= 11 is 12.4. The minimum Gasteiger partial charge on any atom is -0.450 e. The van der Waals surface area contributed by atoms with E-state index >= 15 is 0 Å². The van der Waals surface area contributed by atoms with E-state index in [1.807, 2.05) is 0 Å². The lowest BCUT2D eigenvalue weighted by Crippen LogP contribution is -2.36. The Morgan fingerprint density at radius 3 is 2.35 bits per heavy atom. The summed E-state index contributed by atoms with van der Waals surface area (Å²) in [5, 5.41) is 0.881. The molecule has 0 aromatic heterocycles. The Balaban J connectivity index is 1.84. The van der Waals surface area contributed by atoms with Crippen molar-refractivity contribution in [1.29, 1.82) is 0 Å². The van der Waals surface area contributed by atoms with Crippen LogP contribution >= 0.6 is 30.8 Å². The number of para-hydroxylation sites is 1. The standard InChI is InChI=1S/C23H25Cl2N2O6P/c1-4-31-22(29)27-21(34(30,32-5-2)33-6-3)23(27)17-9-7-8-10-19(17)26(20(23)28)14-15-11-12-16(24)13-18(15)25/h7-13,21H,4-6,14H2,1-3H3. The molecule has 0 bridgehead atoms. The van der Waals surface area contributed by atoms with Crippen LogP contribution in [0.2, 0.25) is 10.0 Å². The third kappa shape index (κ3) is 3.82. The van der Waals surface area contributed by atoms with Crippen LogP contribution < -0.4 is 4.90 Å². The van der Waals surface area contributed by atoms with Crippen LogP contribution in [0.4, 0.5) is 10.5 Å². The van der Waals surface area contributed by atoms with Crippen molar-refractivity contribution >= 4 is 48.5 Å². The second-order valence-corrected chi connectivity index (χ2v) is 10.7. The fourth-order valence-electron chi connectivity index (χ4n) is 4.54. The van der Waals surface area contributed by atoms with Gasteiger partial charge in [-0.2, -0.15) is 0 Å². The molecule has 2 amide bonds. The highest BCUT2D eigenvalue weighted by Gasteiger charge is 2.82. The van der Waals surface area contributed by atoms with Gasteiger partial charge in [0.1, 0.15) is 0 Å². The lowest BCUT2D eigenvalue weighted by molar-refractivity contribution is -0.121. The average molecular weight is 527 g/mol. The van der Waals surface area contributed by atoms with Gasteiger partial charge in [-0.15, -0.1) is 0 Å². The monoisotopic (exact) mass is 526 g/mol. The van der Waals surface area contributed by atoms with Crippen molar-refractivity contribution in [3.63, 3.8) is 0 Å². The maximum absolute atomic E-state index is 14.1. The molecule has 0 aliphatic carbocycles. The number of halogens is 2. The molecule has 2 heterocycles. The summed E-state index contributed by atoms with van der Waals surface area (Å²) in [4.78, 5) is 29.8. The number of hydrogen-bond acceptors (Lipinski definition) is 6. The predicted octanol–water partition coefficient (Wildman–Crippen LogP) is 5.80. The highest BCUT2D eigenvalue weighted by molar-refractivity contribution is 7.55. The molecule has 182 valence electrons. The van der Waals surface area contributed by atoms with Crippen molar-refractivity contribution in [2.45, 2.75) is 38.6 Å². The van der Waals surface area contributed by atoms with Gasteiger partial charge in [-0.05, 0) is 44.5 Å². The third-order valence-corrected chi connectivity index (χ3v) is 8.86. The number of nitrogens with zero attached hydrogens (tertiary/aromatic N) is 2. The molecular formula is C23H25Cl2N2O6P. The number of carbonyl (C=O) groups is 2. The molecule has 2 aromatic carbocycles. The van der Waals surface area contributed by atoms with Crippen molar-refractivity contribution in [2.24, 2.45) is 0 Å². The number of anilines is 1. The summed E-state index contributed by atoms with van der Waals surface area (Å²) in [6, 6.07) is 12.1. The molecule has 34 heavy (non-hydrogen) atoms. The molecule has 11 heteroatoms. The summed E-state index contributed by atoms with van der Waals surface area (Å²) in [7, 11) is -3.91. The summed E-state index contributed by atoms with van der Waals surface area (Å²) < 4.78 is 30.2. The second-order valence-electron chi connectivity index (χ2n) is 7.73. The van der Waals surface area contributed by atoms with Crippen LogP contribution in [0.5, 0.6) is 0 Å². The van der Waals surface area contributed by atoms with E-state index in [-0.39, 0.29) is 26.4 Å². The van der Waals surface area contributed by atoms with Gasteiger partial charge in [0.15, 0.2) is 11.3 Å². The highest BCUT2D eigenvalue weighted by atomic mass is 35.5. The Bertz CT molecular complexity index is 1170. The van der Waals surface area contributed by atoms with Gasteiger partial charge < -0.3 is 18.7 Å². The minimum atomic E-state index is -3.91. The number of benzene rings is 2. The van der Waals surface area contributed by atoms with Crippen molar-refractivity contribution < 1.29 is 27.9 Å². The molecule has 4 rings (SSSR count). The minimum absolute atomic E-state index is 0.0838. The molecule has 2 aromatic rings. The van der Waals surface area contributed by atoms with Crippen molar-refractivity contribution in [2.75, 3.05) is 24.7 Å². The smallest absolute Gasteiger partial charge is 0.411 e. The third-order valence-electron chi connectivity index (χ3n) is 5.83. The van der Waals surface area contributed by atoms with E-state index in [1.54, 1.807) is 63.2 Å². The maximum atomic E-state index is 14.1. The van der Waals surface area contributed by atoms with Gasteiger partial charge in [-0.1, -0.05) is 47.5 Å². The molecule has 2 atom stereocenters. The normalized spacial score (nSPS) is 21.2. The average Bonchev–Trinajstić information content (AvgIpc) is 3.45. The summed E-state index contributed by atoms with van der Waals surface area (Å²) in [6.45, 7) is 5.40. The Morgan fingerprint density at radius 2 is 1.74 bits per heavy atom. The lowest BCUT2D eigenvalue weighted by atomic mass is 10.0. The Morgan fingerprint density at radius 1 is 1.06 bits per heavy atom. The fourth-order valence-corrected chi connectivity index (χ4v) is 7.41. The van der Waals surface area contributed by atoms with E-state index in [0.29, 0.717) is 26.9 Å². The molecule has 0 saturated carbocycles. The van der Waals surface area contributed by atoms with Gasteiger partial charge >= 0.3 is 13.7 Å². The molecule has 0 radical (unpaired) electrons. The van der Waals surface area contributed by atoms with Gasteiger partial charge in [0.25, 0.3) is 5.91 Å². The van der Waals surface area contributed by atoms with Crippen LogP contribution in [-0.4, -0.2) is 42.5 Å². The molecular weight excluding hydrogens is 502 g/mol. The summed E-state index contributed by atoms with van der Waals surface area (Å²) in [5.41, 5.74) is 0.211. The van der Waals surface area contributed by atoms with Gasteiger partial charge in [-0.25, -0.2) is 4.79 Å². The first-order chi connectivity index (χ1) is 16.3. The molecule has 2 unspecified atom stereocenters. The number of amides is 2. The zero-order valence-corrected chi connectivity index (χ0v) is 21.4. The van der Waals surface area contributed by atoms with Crippen LogP contribution in [-0.2, 0) is 35.2 Å². The second kappa shape index (κ2) is 9.51. The van der Waals surface area contributed by atoms with Crippen LogP contribution in [0.25, 0.3) is 0 Å². The Labute approximate surface area is 208 Å². The molecule has 8 nitrogen and oxygen atoms in total. The lowest BCUT2D eigenvalue weighted by Gasteiger charge is -2.19. The van der Waals surface area contributed by atoms with Crippen molar-refractivity contribution in [3.05, 3.63) is 63.6 Å². The van der Waals surface area contributed by atoms with E-state index in [4.69, 9.17) is 37.0 Å². The van der Waals surface area contributed by atoms with E-state index in [2.05, 4.69) is 0 Å². The fraction of sp³-hybridized carbons (Fsp3) is 0.391. The number of carbonyl (C=O) groups excluding carboxylic acids is 2. The van der Waals surface area contributed by atoms with Gasteiger partial charge in [-0.3, -0.25) is 14.3 Å².